The highest BCUT2D eigenvalue weighted by Crippen LogP contribution is 2.48. The van der Waals surface area contributed by atoms with Gasteiger partial charge in [0.25, 0.3) is 0 Å². The number of aromatic nitrogens is 1. The number of fused-ring (bicyclic) bond motifs is 1. The summed E-state index contributed by atoms with van der Waals surface area (Å²) in [5.41, 5.74) is 10.4. The molecule has 1 aromatic heterocycles. The van der Waals surface area contributed by atoms with Crippen molar-refractivity contribution in [3.63, 3.8) is 0 Å². The van der Waals surface area contributed by atoms with Crippen LogP contribution < -0.4 is 5.73 Å². The fourth-order valence-electron chi connectivity index (χ4n) is 2.82. The number of aryl methyl sites for hydroxylation is 2. The Morgan fingerprint density at radius 3 is 2.65 bits per heavy atom. The molecule has 0 spiro atoms. The van der Waals surface area contributed by atoms with Gasteiger partial charge in [-0.25, -0.2) is 0 Å². The van der Waals surface area contributed by atoms with Gasteiger partial charge >= 0.3 is 0 Å². The molecule has 0 radical (unpaired) electrons. The van der Waals surface area contributed by atoms with Crippen molar-refractivity contribution in [2.24, 2.45) is 12.8 Å². The molecule has 1 aromatic carbocycles. The van der Waals surface area contributed by atoms with Crippen molar-refractivity contribution in [3.05, 3.63) is 35.5 Å². The summed E-state index contributed by atoms with van der Waals surface area (Å²) in [5, 5.41) is 1.35. The highest BCUT2D eigenvalue weighted by molar-refractivity contribution is 5.82. The van der Waals surface area contributed by atoms with E-state index in [4.69, 9.17) is 5.73 Å². The third-order valence-electron chi connectivity index (χ3n) is 4.31. The van der Waals surface area contributed by atoms with Crippen molar-refractivity contribution in [1.29, 1.82) is 0 Å². The maximum Gasteiger partial charge on any atom is 0.0482 e. The lowest BCUT2D eigenvalue weighted by molar-refractivity contribution is 0.645. The molecular formula is C15H20N2. The fraction of sp³-hybridized carbons (Fsp3) is 0.467. The van der Waals surface area contributed by atoms with E-state index in [0.29, 0.717) is 0 Å². The van der Waals surface area contributed by atoms with E-state index in [1.807, 2.05) is 0 Å². The summed E-state index contributed by atoms with van der Waals surface area (Å²) < 4.78 is 2.34. The molecule has 0 atom stereocenters. The number of hydrogen-bond acceptors (Lipinski definition) is 1. The molecule has 90 valence electrons. The number of rotatable bonds is 3. The van der Waals surface area contributed by atoms with E-state index >= 15 is 0 Å². The minimum absolute atomic E-state index is 0.278. The number of nitrogens with zero attached hydrogens (tertiary/aromatic N) is 1. The monoisotopic (exact) mass is 228 g/mol. The Kier molecular flexibility index (Phi) is 2.30. The van der Waals surface area contributed by atoms with Crippen LogP contribution in [0.15, 0.2) is 24.3 Å². The number of nitrogens with two attached hydrogens (primary N) is 1. The quantitative estimate of drug-likeness (QED) is 0.860. The van der Waals surface area contributed by atoms with Crippen LogP contribution in [0.2, 0.25) is 0 Å². The average molecular weight is 228 g/mol. The normalized spacial score (nSPS) is 17.6. The molecular weight excluding hydrogens is 208 g/mol. The van der Waals surface area contributed by atoms with Gasteiger partial charge < -0.3 is 10.3 Å². The lowest BCUT2D eigenvalue weighted by Crippen LogP contribution is -2.22. The lowest BCUT2D eigenvalue weighted by atomic mass is 10.0. The number of hydrogen-bond donors (Lipinski definition) is 1. The van der Waals surface area contributed by atoms with Crippen LogP contribution in [0.5, 0.6) is 0 Å². The predicted molar refractivity (Wildman–Crippen MR) is 72.3 cm³/mol. The van der Waals surface area contributed by atoms with Crippen molar-refractivity contribution < 1.29 is 0 Å². The smallest absolute Gasteiger partial charge is 0.0482 e. The molecule has 3 rings (SSSR count). The molecule has 0 amide bonds. The predicted octanol–water partition coefficient (Wildman–Crippen LogP) is 2.73. The van der Waals surface area contributed by atoms with Gasteiger partial charge in [0.15, 0.2) is 0 Å². The van der Waals surface area contributed by atoms with Crippen LogP contribution in [0.1, 0.15) is 31.0 Å². The Morgan fingerprint density at radius 2 is 2.06 bits per heavy atom. The van der Waals surface area contributed by atoms with Crippen molar-refractivity contribution in [3.8, 4) is 0 Å². The minimum atomic E-state index is 0.278. The molecule has 0 unspecified atom stereocenters. The standard InChI is InChI=1S/C15H20N2/c1-3-11-4-5-12-9-14(15(10-16)6-7-15)17(2)13(12)8-11/h4-5,8-9H,3,6-7,10,16H2,1-2H3. The fourth-order valence-corrected chi connectivity index (χ4v) is 2.82. The second-order valence-corrected chi connectivity index (χ2v) is 5.32. The molecule has 1 saturated carbocycles. The molecule has 17 heavy (non-hydrogen) atoms. The van der Waals surface area contributed by atoms with Crippen LogP contribution >= 0.6 is 0 Å². The van der Waals surface area contributed by atoms with Crippen molar-refractivity contribution in [1.82, 2.24) is 4.57 Å². The minimum Gasteiger partial charge on any atom is -0.347 e. The summed E-state index contributed by atoms with van der Waals surface area (Å²) in [5.74, 6) is 0. The molecule has 0 aliphatic heterocycles. The molecule has 2 N–H and O–H groups in total. The molecule has 0 saturated heterocycles. The van der Waals surface area contributed by atoms with Gasteiger partial charge in [0.05, 0.1) is 0 Å². The van der Waals surface area contributed by atoms with Crippen LogP contribution in [-0.4, -0.2) is 11.1 Å². The van der Waals surface area contributed by atoms with Gasteiger partial charge in [0.1, 0.15) is 0 Å². The van der Waals surface area contributed by atoms with Crippen LogP contribution in [0, 0.1) is 0 Å². The molecule has 2 nitrogen and oxygen atoms in total. The van der Waals surface area contributed by atoms with E-state index in [1.165, 1.54) is 35.0 Å². The summed E-state index contributed by atoms with van der Waals surface area (Å²) in [6, 6.07) is 9.11. The largest absolute Gasteiger partial charge is 0.347 e. The van der Waals surface area contributed by atoms with Crippen LogP contribution in [-0.2, 0) is 18.9 Å². The zero-order chi connectivity index (χ0) is 12.0. The topological polar surface area (TPSA) is 30.9 Å². The van der Waals surface area contributed by atoms with E-state index in [-0.39, 0.29) is 5.41 Å². The molecule has 1 aliphatic rings. The van der Waals surface area contributed by atoms with Crippen molar-refractivity contribution in [2.75, 3.05) is 6.54 Å². The molecule has 1 fully saturated rings. The second kappa shape index (κ2) is 3.61. The zero-order valence-corrected chi connectivity index (χ0v) is 10.7. The van der Waals surface area contributed by atoms with Crippen LogP contribution in [0.3, 0.4) is 0 Å². The summed E-state index contributed by atoms with van der Waals surface area (Å²) in [6.45, 7) is 2.98. The Balaban J connectivity index is 2.19. The summed E-state index contributed by atoms with van der Waals surface area (Å²) in [7, 11) is 2.17. The van der Waals surface area contributed by atoms with E-state index < -0.39 is 0 Å². The van der Waals surface area contributed by atoms with E-state index in [1.54, 1.807) is 0 Å². The third kappa shape index (κ3) is 1.51. The molecule has 2 heteroatoms. The van der Waals surface area contributed by atoms with Gasteiger partial charge in [-0.15, -0.1) is 0 Å². The third-order valence-corrected chi connectivity index (χ3v) is 4.31. The first-order valence-corrected chi connectivity index (χ1v) is 6.49. The second-order valence-electron chi connectivity index (χ2n) is 5.32. The first kappa shape index (κ1) is 10.8. The summed E-state index contributed by atoms with van der Waals surface area (Å²) in [6.07, 6.45) is 3.58. The first-order chi connectivity index (χ1) is 8.20. The zero-order valence-electron chi connectivity index (χ0n) is 10.7. The van der Waals surface area contributed by atoms with E-state index in [0.717, 1.165) is 13.0 Å². The Bertz CT molecular complexity index is 562. The van der Waals surface area contributed by atoms with Gasteiger partial charge in [-0.1, -0.05) is 19.1 Å². The highest BCUT2D eigenvalue weighted by atomic mass is 15.0. The molecule has 2 aromatic rings. The molecule has 1 aliphatic carbocycles. The van der Waals surface area contributed by atoms with Crippen molar-refractivity contribution in [2.45, 2.75) is 31.6 Å². The van der Waals surface area contributed by atoms with Gasteiger partial charge in [0, 0.05) is 30.2 Å². The molecule has 0 bridgehead atoms. The Hall–Kier alpha value is -1.28. The maximum absolute atomic E-state index is 5.93. The lowest BCUT2D eigenvalue weighted by Gasteiger charge is -2.13. The van der Waals surface area contributed by atoms with Crippen LogP contribution in [0.4, 0.5) is 0 Å². The Labute approximate surface area is 102 Å². The van der Waals surface area contributed by atoms with Gasteiger partial charge in [-0.05, 0) is 42.3 Å². The SMILES string of the molecule is CCc1ccc2cc(C3(CN)CC3)n(C)c2c1. The average Bonchev–Trinajstić information content (AvgIpc) is 3.10. The summed E-state index contributed by atoms with van der Waals surface area (Å²) in [4.78, 5) is 0. The van der Waals surface area contributed by atoms with Gasteiger partial charge in [-0.2, -0.15) is 0 Å². The first-order valence-electron chi connectivity index (χ1n) is 6.49. The maximum atomic E-state index is 5.93. The van der Waals surface area contributed by atoms with E-state index in [2.05, 4.69) is 42.8 Å². The van der Waals surface area contributed by atoms with Crippen LogP contribution in [0.25, 0.3) is 10.9 Å². The summed E-state index contributed by atoms with van der Waals surface area (Å²) >= 11 is 0. The Morgan fingerprint density at radius 1 is 1.29 bits per heavy atom. The van der Waals surface area contributed by atoms with E-state index in [9.17, 15) is 0 Å². The van der Waals surface area contributed by atoms with Crippen molar-refractivity contribution >= 4 is 10.9 Å². The highest BCUT2D eigenvalue weighted by Gasteiger charge is 2.45. The van der Waals surface area contributed by atoms with Gasteiger partial charge in [-0.3, -0.25) is 0 Å². The molecule has 1 heterocycles. The van der Waals surface area contributed by atoms with Gasteiger partial charge in [0.2, 0.25) is 0 Å². The number of benzene rings is 1.